The Morgan fingerprint density at radius 1 is 1.28 bits per heavy atom. The van der Waals surface area contributed by atoms with Gasteiger partial charge in [0.25, 0.3) is 5.56 Å². The molecule has 2 heterocycles. The maximum Gasteiger partial charge on any atom is 0.333 e. The lowest BCUT2D eigenvalue weighted by Crippen LogP contribution is -2.32. The molecule has 4 rings (SSSR count). The molecule has 2 unspecified atom stereocenters. The number of methoxy groups -OCH3 is 1. The molecular formula is C23H26N2O3S. The smallest absolute Gasteiger partial charge is 0.333 e. The summed E-state index contributed by atoms with van der Waals surface area (Å²) in [5.41, 5.74) is 1.90. The number of esters is 1. The van der Waals surface area contributed by atoms with Crippen molar-refractivity contribution in [3.63, 3.8) is 0 Å². The van der Waals surface area contributed by atoms with E-state index in [1.165, 1.54) is 22.9 Å². The molecule has 152 valence electrons. The van der Waals surface area contributed by atoms with Gasteiger partial charge in [-0.15, -0.1) is 11.3 Å². The van der Waals surface area contributed by atoms with Crippen LogP contribution in [0.5, 0.6) is 0 Å². The van der Waals surface area contributed by atoms with E-state index in [0.717, 1.165) is 29.7 Å². The normalized spacial score (nSPS) is 17.7. The summed E-state index contributed by atoms with van der Waals surface area (Å²) in [4.78, 5) is 32.7. The zero-order valence-corrected chi connectivity index (χ0v) is 18.1. The Kier molecular flexibility index (Phi) is 5.07. The number of aryl methyl sites for hydroxylation is 1. The van der Waals surface area contributed by atoms with Gasteiger partial charge in [0.15, 0.2) is 6.04 Å². The highest BCUT2D eigenvalue weighted by molar-refractivity contribution is 7.18. The molecule has 29 heavy (non-hydrogen) atoms. The number of fused-ring (bicyclic) bond motifs is 3. The second-order valence-electron chi connectivity index (χ2n) is 8.78. The third-order valence-electron chi connectivity index (χ3n) is 6.04. The van der Waals surface area contributed by atoms with Gasteiger partial charge in [-0.25, -0.2) is 9.78 Å². The van der Waals surface area contributed by atoms with E-state index in [-0.39, 0.29) is 11.0 Å². The molecule has 2 aromatic heterocycles. The van der Waals surface area contributed by atoms with Gasteiger partial charge >= 0.3 is 5.97 Å². The number of hydrogen-bond donors (Lipinski definition) is 0. The number of benzene rings is 1. The predicted octanol–water partition coefficient (Wildman–Crippen LogP) is 4.37. The third-order valence-corrected chi connectivity index (χ3v) is 7.20. The van der Waals surface area contributed by atoms with Crippen LogP contribution >= 0.6 is 11.3 Å². The molecule has 6 heteroatoms. The predicted molar refractivity (Wildman–Crippen MR) is 115 cm³/mol. The fraction of sp³-hybridized carbons (Fsp3) is 0.435. The molecule has 1 aliphatic rings. The van der Waals surface area contributed by atoms with Crippen LogP contribution in [0.15, 0.2) is 41.5 Å². The Bertz CT molecular complexity index is 1110. The summed E-state index contributed by atoms with van der Waals surface area (Å²) in [7, 11) is 1.34. The van der Waals surface area contributed by atoms with E-state index in [2.05, 4.69) is 25.8 Å². The van der Waals surface area contributed by atoms with E-state index in [9.17, 15) is 9.59 Å². The Hall–Kier alpha value is -2.47. The first-order valence-corrected chi connectivity index (χ1v) is 10.8. The van der Waals surface area contributed by atoms with E-state index in [4.69, 9.17) is 4.74 Å². The Morgan fingerprint density at radius 2 is 2.00 bits per heavy atom. The maximum atomic E-state index is 13.5. The Labute approximate surface area is 174 Å². The van der Waals surface area contributed by atoms with Crippen molar-refractivity contribution in [1.82, 2.24) is 9.55 Å². The Balaban J connectivity index is 1.85. The summed E-state index contributed by atoms with van der Waals surface area (Å²) in [5.74, 6) is 0.119. The lowest BCUT2D eigenvalue weighted by molar-refractivity contribution is -0.143. The molecule has 0 amide bonds. The molecule has 0 spiro atoms. The summed E-state index contributed by atoms with van der Waals surface area (Å²) >= 11 is 1.62. The van der Waals surface area contributed by atoms with Gasteiger partial charge in [-0.1, -0.05) is 51.1 Å². The largest absolute Gasteiger partial charge is 0.467 e. The number of carbonyl (C=O) groups is 1. The van der Waals surface area contributed by atoms with Gasteiger partial charge in [-0.05, 0) is 41.7 Å². The lowest BCUT2D eigenvalue weighted by atomic mass is 9.72. The first-order chi connectivity index (χ1) is 13.8. The number of rotatable bonds is 3. The van der Waals surface area contributed by atoms with Crippen molar-refractivity contribution in [1.29, 1.82) is 0 Å². The molecule has 5 nitrogen and oxygen atoms in total. The summed E-state index contributed by atoms with van der Waals surface area (Å²) in [5, 5.41) is 0.671. The lowest BCUT2D eigenvalue weighted by Gasteiger charge is -2.33. The van der Waals surface area contributed by atoms with Crippen LogP contribution in [0.4, 0.5) is 0 Å². The summed E-state index contributed by atoms with van der Waals surface area (Å²) < 4.78 is 6.43. The van der Waals surface area contributed by atoms with Crippen molar-refractivity contribution < 1.29 is 9.53 Å². The quantitative estimate of drug-likeness (QED) is 0.602. The molecule has 3 aromatic rings. The van der Waals surface area contributed by atoms with Crippen molar-refractivity contribution in [3.05, 3.63) is 63.0 Å². The van der Waals surface area contributed by atoms with E-state index >= 15 is 0 Å². The molecule has 0 N–H and O–H groups in total. The molecule has 0 radical (unpaired) electrons. The second-order valence-corrected chi connectivity index (χ2v) is 9.87. The summed E-state index contributed by atoms with van der Waals surface area (Å²) in [6.07, 6.45) is 4.42. The van der Waals surface area contributed by atoms with E-state index in [1.54, 1.807) is 11.3 Å². The SMILES string of the molecule is COC(=O)C(c1ccccc1)n1cnc2sc3c(c2c1=O)CCC(C(C)(C)C)C3. The first-order valence-electron chi connectivity index (χ1n) is 9.95. The highest BCUT2D eigenvalue weighted by atomic mass is 32.1. The molecule has 0 fully saturated rings. The number of aromatic nitrogens is 2. The van der Waals surface area contributed by atoms with Crippen LogP contribution in [0.1, 0.15) is 49.2 Å². The van der Waals surface area contributed by atoms with Crippen LogP contribution < -0.4 is 5.56 Å². The topological polar surface area (TPSA) is 61.2 Å². The van der Waals surface area contributed by atoms with Crippen LogP contribution in [-0.4, -0.2) is 22.6 Å². The van der Waals surface area contributed by atoms with Gasteiger partial charge in [-0.3, -0.25) is 9.36 Å². The standard InChI is InChI=1S/C23H26N2O3S/c1-23(2,3)15-10-11-16-17(12-15)29-20-18(16)21(26)25(13-24-20)19(22(27)28-4)14-8-6-5-7-9-14/h5-9,13,15,19H,10-12H2,1-4H3. The average Bonchev–Trinajstić information content (AvgIpc) is 3.08. The first kappa shape index (κ1) is 19.8. The van der Waals surface area contributed by atoms with Gasteiger partial charge in [0.2, 0.25) is 0 Å². The van der Waals surface area contributed by atoms with Gasteiger partial charge in [-0.2, -0.15) is 0 Å². The molecule has 0 saturated heterocycles. The second kappa shape index (κ2) is 7.41. The average molecular weight is 411 g/mol. The van der Waals surface area contributed by atoms with Gasteiger partial charge in [0.05, 0.1) is 12.5 Å². The van der Waals surface area contributed by atoms with Crippen molar-refractivity contribution in [2.45, 2.75) is 46.1 Å². The van der Waals surface area contributed by atoms with Crippen LogP contribution in [0.2, 0.25) is 0 Å². The summed E-state index contributed by atoms with van der Waals surface area (Å²) in [6, 6.07) is 8.39. The zero-order chi connectivity index (χ0) is 20.8. The van der Waals surface area contributed by atoms with Gasteiger partial charge in [0.1, 0.15) is 11.2 Å². The summed E-state index contributed by atoms with van der Waals surface area (Å²) in [6.45, 7) is 6.84. The monoisotopic (exact) mass is 410 g/mol. The number of nitrogens with zero attached hydrogens (tertiary/aromatic N) is 2. The number of carbonyl (C=O) groups excluding carboxylic acids is 1. The molecule has 0 aliphatic heterocycles. The zero-order valence-electron chi connectivity index (χ0n) is 17.3. The minimum Gasteiger partial charge on any atom is -0.467 e. The van der Waals surface area contributed by atoms with Crippen molar-refractivity contribution in [3.8, 4) is 0 Å². The maximum absolute atomic E-state index is 13.5. The third kappa shape index (κ3) is 3.50. The fourth-order valence-electron chi connectivity index (χ4n) is 4.26. The molecule has 1 aliphatic carbocycles. The fourth-order valence-corrected chi connectivity index (χ4v) is 5.52. The molecule has 0 bridgehead atoms. The van der Waals surface area contributed by atoms with E-state index in [1.807, 2.05) is 30.3 Å². The van der Waals surface area contributed by atoms with E-state index in [0.29, 0.717) is 16.9 Å². The van der Waals surface area contributed by atoms with Crippen molar-refractivity contribution >= 4 is 27.5 Å². The van der Waals surface area contributed by atoms with E-state index < -0.39 is 12.0 Å². The minimum absolute atomic E-state index is 0.166. The number of thiophene rings is 1. The molecule has 0 saturated carbocycles. The minimum atomic E-state index is -0.841. The van der Waals surface area contributed by atoms with Crippen molar-refractivity contribution in [2.24, 2.45) is 11.3 Å². The molecule has 1 aromatic carbocycles. The highest BCUT2D eigenvalue weighted by Gasteiger charge is 2.33. The van der Waals surface area contributed by atoms with Crippen LogP contribution in [0.25, 0.3) is 10.2 Å². The highest BCUT2D eigenvalue weighted by Crippen LogP contribution is 2.42. The van der Waals surface area contributed by atoms with Crippen LogP contribution in [0.3, 0.4) is 0 Å². The van der Waals surface area contributed by atoms with Crippen molar-refractivity contribution in [2.75, 3.05) is 7.11 Å². The van der Waals surface area contributed by atoms with Gasteiger partial charge < -0.3 is 4.74 Å². The number of hydrogen-bond acceptors (Lipinski definition) is 5. The molecular weight excluding hydrogens is 384 g/mol. The molecule has 2 atom stereocenters. The van der Waals surface area contributed by atoms with Crippen LogP contribution in [0, 0.1) is 11.3 Å². The Morgan fingerprint density at radius 3 is 2.66 bits per heavy atom. The number of ether oxygens (including phenoxy) is 1. The van der Waals surface area contributed by atoms with Crippen LogP contribution in [-0.2, 0) is 22.4 Å². The van der Waals surface area contributed by atoms with Gasteiger partial charge in [0, 0.05) is 4.88 Å².